The van der Waals surface area contributed by atoms with Gasteiger partial charge in [0.15, 0.2) is 0 Å². The van der Waals surface area contributed by atoms with Gasteiger partial charge in [0.05, 0.1) is 39.0 Å². The van der Waals surface area contributed by atoms with E-state index >= 15 is 0 Å². The molecule has 35 heavy (non-hydrogen) atoms. The molecule has 3 aromatic carbocycles. The third-order valence-corrected chi connectivity index (χ3v) is 6.04. The maximum atomic E-state index is 12.8. The molecule has 1 fully saturated rings. The highest BCUT2D eigenvalue weighted by Gasteiger charge is 2.36. The molecule has 0 aromatic heterocycles. The van der Waals surface area contributed by atoms with Crippen molar-refractivity contribution in [3.05, 3.63) is 89.5 Å². The molecule has 0 spiro atoms. The number of carbonyl (C=O) groups is 2. The zero-order valence-corrected chi connectivity index (χ0v) is 20.0. The Labute approximate surface area is 205 Å². The van der Waals surface area contributed by atoms with E-state index in [1.165, 1.54) is 0 Å². The van der Waals surface area contributed by atoms with Crippen LogP contribution < -0.4 is 19.7 Å². The van der Waals surface area contributed by atoms with E-state index < -0.39 is 5.92 Å². The predicted molar refractivity (Wildman–Crippen MR) is 133 cm³/mol. The summed E-state index contributed by atoms with van der Waals surface area (Å²) in [5, 5.41) is 2.96. The average Bonchev–Trinajstić information content (AvgIpc) is 3.29. The number of benzene rings is 3. The fourth-order valence-corrected chi connectivity index (χ4v) is 4.07. The van der Waals surface area contributed by atoms with E-state index in [1.54, 1.807) is 37.3 Å². The number of hydrogen-bond acceptors (Lipinski definition) is 5. The van der Waals surface area contributed by atoms with Gasteiger partial charge in [0.2, 0.25) is 11.8 Å². The number of anilines is 1. The molecule has 1 unspecified atom stereocenters. The molecule has 1 aliphatic rings. The van der Waals surface area contributed by atoms with Crippen molar-refractivity contribution in [1.82, 2.24) is 5.32 Å². The van der Waals surface area contributed by atoms with Gasteiger partial charge in [-0.3, -0.25) is 9.59 Å². The Bertz CT molecular complexity index is 1150. The molecule has 1 N–H and O–H groups in total. The summed E-state index contributed by atoms with van der Waals surface area (Å²) >= 11 is 0. The number of methoxy groups -OCH3 is 2. The highest BCUT2D eigenvalue weighted by molar-refractivity contribution is 6.01. The Balaban J connectivity index is 1.27. The molecule has 182 valence electrons. The van der Waals surface area contributed by atoms with Crippen LogP contribution in [0.2, 0.25) is 0 Å². The SMILES string of the molecule is COc1ccc(N2CC(C(=O)NCc3ccc(COCc4ccccc4)cc3)CC2=O)c(OC)c1. The number of nitrogens with one attached hydrogen (secondary N) is 1. The molecule has 1 aliphatic heterocycles. The Morgan fingerprint density at radius 3 is 2.29 bits per heavy atom. The lowest BCUT2D eigenvalue weighted by molar-refractivity contribution is -0.126. The molecule has 1 atom stereocenters. The number of rotatable bonds is 10. The lowest BCUT2D eigenvalue weighted by atomic mass is 10.1. The minimum Gasteiger partial charge on any atom is -0.497 e. The standard InChI is InChI=1S/C28H30N2O5/c1-33-24-12-13-25(26(15-24)34-2)30-17-23(14-27(30)31)28(32)29-16-20-8-10-22(11-9-20)19-35-18-21-6-4-3-5-7-21/h3-13,15,23H,14,16-19H2,1-2H3,(H,29,32). The van der Waals surface area contributed by atoms with E-state index in [9.17, 15) is 9.59 Å². The molecule has 1 heterocycles. The summed E-state index contributed by atoms with van der Waals surface area (Å²) in [6.45, 7) is 1.81. The van der Waals surface area contributed by atoms with Gasteiger partial charge in [0, 0.05) is 25.6 Å². The first kappa shape index (κ1) is 24.3. The predicted octanol–water partition coefficient (Wildman–Crippen LogP) is 4.09. The molecule has 7 nitrogen and oxygen atoms in total. The van der Waals surface area contributed by atoms with E-state index in [0.29, 0.717) is 43.5 Å². The molecule has 0 aliphatic carbocycles. The summed E-state index contributed by atoms with van der Waals surface area (Å²) in [4.78, 5) is 27.0. The zero-order chi connectivity index (χ0) is 24.6. The average molecular weight is 475 g/mol. The van der Waals surface area contributed by atoms with Crippen molar-refractivity contribution >= 4 is 17.5 Å². The monoisotopic (exact) mass is 474 g/mol. The summed E-state index contributed by atoms with van der Waals surface area (Å²) in [5.41, 5.74) is 3.84. The molecule has 4 rings (SSSR count). The van der Waals surface area contributed by atoms with Crippen LogP contribution in [0.15, 0.2) is 72.8 Å². The minimum absolute atomic E-state index is 0.103. The molecule has 0 radical (unpaired) electrons. The Morgan fingerprint density at radius 2 is 1.60 bits per heavy atom. The van der Waals surface area contributed by atoms with Crippen LogP contribution in [0.5, 0.6) is 11.5 Å². The fraction of sp³-hybridized carbons (Fsp3) is 0.286. The fourth-order valence-electron chi connectivity index (χ4n) is 4.07. The zero-order valence-electron chi connectivity index (χ0n) is 20.0. The maximum absolute atomic E-state index is 12.8. The third-order valence-electron chi connectivity index (χ3n) is 6.04. The number of hydrogen-bond donors (Lipinski definition) is 1. The first-order chi connectivity index (χ1) is 17.1. The molecule has 2 amide bonds. The van der Waals surface area contributed by atoms with Crippen molar-refractivity contribution in [2.24, 2.45) is 5.92 Å². The second-order valence-corrected chi connectivity index (χ2v) is 8.46. The van der Waals surface area contributed by atoms with Crippen LogP contribution >= 0.6 is 0 Å². The summed E-state index contributed by atoms with van der Waals surface area (Å²) in [6, 6.07) is 23.3. The summed E-state index contributed by atoms with van der Waals surface area (Å²) in [6.07, 6.45) is 0.165. The largest absolute Gasteiger partial charge is 0.497 e. The van der Waals surface area contributed by atoms with Crippen molar-refractivity contribution in [2.75, 3.05) is 25.7 Å². The van der Waals surface area contributed by atoms with Gasteiger partial charge in [0.25, 0.3) is 0 Å². The van der Waals surface area contributed by atoms with Crippen molar-refractivity contribution < 1.29 is 23.8 Å². The lowest BCUT2D eigenvalue weighted by Crippen LogP contribution is -2.32. The number of amides is 2. The van der Waals surface area contributed by atoms with Gasteiger partial charge in [0.1, 0.15) is 11.5 Å². The van der Waals surface area contributed by atoms with Gasteiger partial charge in [-0.15, -0.1) is 0 Å². The summed E-state index contributed by atoms with van der Waals surface area (Å²) in [7, 11) is 3.12. The maximum Gasteiger partial charge on any atom is 0.227 e. The van der Waals surface area contributed by atoms with Crippen molar-refractivity contribution in [3.63, 3.8) is 0 Å². The highest BCUT2D eigenvalue weighted by atomic mass is 16.5. The van der Waals surface area contributed by atoms with Crippen LogP contribution in [0, 0.1) is 5.92 Å². The molecular weight excluding hydrogens is 444 g/mol. The number of nitrogens with zero attached hydrogens (tertiary/aromatic N) is 1. The molecule has 0 saturated carbocycles. The van der Waals surface area contributed by atoms with E-state index in [0.717, 1.165) is 16.7 Å². The van der Waals surface area contributed by atoms with Crippen LogP contribution in [0.25, 0.3) is 0 Å². The van der Waals surface area contributed by atoms with E-state index in [2.05, 4.69) is 5.32 Å². The van der Waals surface area contributed by atoms with Gasteiger partial charge >= 0.3 is 0 Å². The second-order valence-electron chi connectivity index (χ2n) is 8.46. The van der Waals surface area contributed by atoms with Crippen LogP contribution in [0.1, 0.15) is 23.1 Å². The molecule has 0 bridgehead atoms. The van der Waals surface area contributed by atoms with Crippen molar-refractivity contribution in [3.8, 4) is 11.5 Å². The Morgan fingerprint density at radius 1 is 0.914 bits per heavy atom. The Hall–Kier alpha value is -3.84. The van der Waals surface area contributed by atoms with Gasteiger partial charge in [-0.2, -0.15) is 0 Å². The summed E-state index contributed by atoms with van der Waals surface area (Å²) < 4.78 is 16.4. The highest BCUT2D eigenvalue weighted by Crippen LogP contribution is 2.35. The molecule has 3 aromatic rings. The van der Waals surface area contributed by atoms with Gasteiger partial charge in [-0.25, -0.2) is 0 Å². The van der Waals surface area contributed by atoms with E-state index in [1.807, 2.05) is 54.6 Å². The summed E-state index contributed by atoms with van der Waals surface area (Å²) in [5.74, 6) is 0.518. The minimum atomic E-state index is -0.417. The van der Waals surface area contributed by atoms with Crippen LogP contribution in [0.4, 0.5) is 5.69 Å². The van der Waals surface area contributed by atoms with Crippen LogP contribution in [-0.4, -0.2) is 32.6 Å². The molecular formula is C28H30N2O5. The third kappa shape index (κ3) is 6.19. The smallest absolute Gasteiger partial charge is 0.227 e. The second kappa shape index (κ2) is 11.5. The van der Waals surface area contributed by atoms with Gasteiger partial charge in [-0.05, 0) is 28.8 Å². The Kier molecular flexibility index (Phi) is 8.00. The van der Waals surface area contributed by atoms with Crippen LogP contribution in [0.3, 0.4) is 0 Å². The molecule has 7 heteroatoms. The molecule has 1 saturated heterocycles. The van der Waals surface area contributed by atoms with Gasteiger partial charge < -0.3 is 24.4 Å². The van der Waals surface area contributed by atoms with Gasteiger partial charge in [-0.1, -0.05) is 54.6 Å². The van der Waals surface area contributed by atoms with E-state index in [-0.39, 0.29) is 18.2 Å². The lowest BCUT2D eigenvalue weighted by Gasteiger charge is -2.20. The number of ether oxygens (including phenoxy) is 3. The quantitative estimate of drug-likeness (QED) is 0.479. The topological polar surface area (TPSA) is 77.1 Å². The first-order valence-electron chi connectivity index (χ1n) is 11.6. The van der Waals surface area contributed by atoms with Crippen LogP contribution in [-0.2, 0) is 34.1 Å². The normalized spacial score (nSPS) is 15.2. The van der Waals surface area contributed by atoms with Crippen molar-refractivity contribution in [1.29, 1.82) is 0 Å². The first-order valence-corrected chi connectivity index (χ1v) is 11.6. The number of carbonyl (C=O) groups excluding carboxylic acids is 2. The van der Waals surface area contributed by atoms with E-state index in [4.69, 9.17) is 14.2 Å². The van der Waals surface area contributed by atoms with Crippen molar-refractivity contribution in [2.45, 2.75) is 26.2 Å².